The second-order valence-corrected chi connectivity index (χ2v) is 6.59. The molecule has 110 valence electrons. The largest absolute Gasteiger partial charge is 0.379 e. The summed E-state index contributed by atoms with van der Waals surface area (Å²) in [5, 5.41) is 10.5. The minimum Gasteiger partial charge on any atom is -0.379 e. The van der Waals surface area contributed by atoms with E-state index in [1.54, 1.807) is 12.1 Å². The molecule has 0 fully saturated rings. The lowest BCUT2D eigenvalue weighted by atomic mass is 10.2. The number of non-ortho nitro benzene ring substituents is 1. The maximum absolute atomic E-state index is 12.2. The van der Waals surface area contributed by atoms with Gasteiger partial charge in [0.15, 0.2) is 0 Å². The number of hydrogen-bond donors (Lipinski definition) is 0. The summed E-state index contributed by atoms with van der Waals surface area (Å²) in [6.45, 7) is 1.83. The molecule has 0 aromatic heterocycles. The molecule has 21 heavy (non-hydrogen) atoms. The van der Waals surface area contributed by atoms with Crippen LogP contribution in [0.2, 0.25) is 0 Å². The third-order valence-corrected chi connectivity index (χ3v) is 4.84. The molecule has 2 aromatic rings. The van der Waals surface area contributed by atoms with E-state index in [4.69, 9.17) is 4.18 Å². The fourth-order valence-corrected chi connectivity index (χ4v) is 3.68. The Morgan fingerprint density at radius 2 is 1.76 bits per heavy atom. The van der Waals surface area contributed by atoms with Gasteiger partial charge in [-0.15, -0.1) is 0 Å². The Kier molecular flexibility index (Phi) is 4.29. The number of nitro benzene ring substituents is 1. The molecule has 0 aliphatic carbocycles. The number of halogens is 1. The Balaban J connectivity index is 2.30. The first-order valence-corrected chi connectivity index (χ1v) is 7.95. The van der Waals surface area contributed by atoms with Gasteiger partial charge in [0.2, 0.25) is 0 Å². The number of hydrogen-bond acceptors (Lipinski definition) is 5. The number of nitro groups is 1. The van der Waals surface area contributed by atoms with E-state index in [1.165, 1.54) is 30.3 Å². The fourth-order valence-electron chi connectivity index (χ4n) is 1.60. The Morgan fingerprint density at radius 3 is 2.29 bits per heavy atom. The number of rotatable bonds is 4. The highest BCUT2D eigenvalue weighted by Crippen LogP contribution is 2.27. The molecule has 2 rings (SSSR count). The third-order valence-electron chi connectivity index (χ3n) is 2.61. The van der Waals surface area contributed by atoms with Crippen molar-refractivity contribution in [2.24, 2.45) is 0 Å². The lowest BCUT2D eigenvalue weighted by Crippen LogP contribution is -2.10. The topological polar surface area (TPSA) is 86.5 Å². The van der Waals surface area contributed by atoms with Crippen LogP contribution in [0.25, 0.3) is 0 Å². The number of benzene rings is 2. The van der Waals surface area contributed by atoms with Gasteiger partial charge in [-0.3, -0.25) is 10.1 Å². The van der Waals surface area contributed by atoms with Gasteiger partial charge >= 0.3 is 10.1 Å². The second-order valence-electron chi connectivity index (χ2n) is 4.22. The summed E-state index contributed by atoms with van der Waals surface area (Å²) in [6.07, 6.45) is 0. The van der Waals surface area contributed by atoms with Gasteiger partial charge in [0.1, 0.15) is 10.6 Å². The number of aryl methyl sites for hydroxylation is 1. The van der Waals surface area contributed by atoms with Crippen molar-refractivity contribution in [1.82, 2.24) is 0 Å². The molecule has 0 saturated carbocycles. The summed E-state index contributed by atoms with van der Waals surface area (Å²) < 4.78 is 29.7. The fraction of sp³-hybridized carbons (Fsp3) is 0.0769. The highest BCUT2D eigenvalue weighted by Gasteiger charge is 2.20. The van der Waals surface area contributed by atoms with Gasteiger partial charge in [-0.25, -0.2) is 0 Å². The molecule has 0 saturated heterocycles. The second kappa shape index (κ2) is 5.82. The zero-order chi connectivity index (χ0) is 15.6. The molecule has 2 aromatic carbocycles. The maximum Gasteiger partial charge on any atom is 0.340 e. The van der Waals surface area contributed by atoms with Crippen molar-refractivity contribution in [1.29, 1.82) is 0 Å². The molecule has 0 bridgehead atoms. The van der Waals surface area contributed by atoms with Gasteiger partial charge in [-0.2, -0.15) is 8.42 Å². The van der Waals surface area contributed by atoms with Crippen LogP contribution in [-0.4, -0.2) is 13.3 Å². The third kappa shape index (κ3) is 3.59. The van der Waals surface area contributed by atoms with Crippen molar-refractivity contribution in [2.75, 3.05) is 0 Å². The van der Waals surface area contributed by atoms with Crippen LogP contribution in [0.15, 0.2) is 51.8 Å². The summed E-state index contributed by atoms with van der Waals surface area (Å²) in [7, 11) is -4.01. The summed E-state index contributed by atoms with van der Waals surface area (Å²) in [5.41, 5.74) is 0.757. The first kappa shape index (κ1) is 15.5. The van der Waals surface area contributed by atoms with Crippen LogP contribution in [0, 0.1) is 17.0 Å². The van der Waals surface area contributed by atoms with E-state index in [2.05, 4.69) is 15.9 Å². The van der Waals surface area contributed by atoms with Crippen molar-refractivity contribution < 1.29 is 17.5 Å². The van der Waals surface area contributed by atoms with Gasteiger partial charge in [-0.05, 0) is 52.7 Å². The SMILES string of the molecule is Cc1ccc(S(=O)(=O)Oc2ccc([N+](=O)[O-])cc2)c(Br)c1. The van der Waals surface area contributed by atoms with Crippen LogP contribution in [0.1, 0.15) is 5.56 Å². The Labute approximate surface area is 129 Å². The van der Waals surface area contributed by atoms with Gasteiger partial charge in [0.05, 0.1) is 4.92 Å². The number of nitrogens with zero attached hydrogens (tertiary/aromatic N) is 1. The highest BCUT2D eigenvalue weighted by atomic mass is 79.9. The predicted molar refractivity (Wildman–Crippen MR) is 79.8 cm³/mol. The molecule has 8 heteroatoms. The van der Waals surface area contributed by atoms with E-state index in [0.717, 1.165) is 5.56 Å². The summed E-state index contributed by atoms with van der Waals surface area (Å²) in [5.74, 6) is 0.00748. The molecule has 0 amide bonds. The monoisotopic (exact) mass is 371 g/mol. The first-order chi connectivity index (χ1) is 9.79. The van der Waals surface area contributed by atoms with Crippen molar-refractivity contribution >= 4 is 31.7 Å². The minimum absolute atomic E-state index is 0.00748. The summed E-state index contributed by atoms with van der Waals surface area (Å²) in [4.78, 5) is 9.95. The standard InChI is InChI=1S/C13H10BrNO5S/c1-9-2-7-13(12(14)8-9)21(18,19)20-11-5-3-10(4-6-11)15(16)17/h2-8H,1H3. The van der Waals surface area contributed by atoms with Crippen molar-refractivity contribution in [3.8, 4) is 5.75 Å². The lowest BCUT2D eigenvalue weighted by molar-refractivity contribution is -0.384. The summed E-state index contributed by atoms with van der Waals surface area (Å²) >= 11 is 3.18. The van der Waals surface area contributed by atoms with Crippen LogP contribution < -0.4 is 4.18 Å². The van der Waals surface area contributed by atoms with E-state index in [0.29, 0.717) is 4.47 Å². The smallest absolute Gasteiger partial charge is 0.340 e. The minimum atomic E-state index is -4.01. The zero-order valence-corrected chi connectivity index (χ0v) is 13.2. The van der Waals surface area contributed by atoms with Crippen molar-refractivity contribution in [2.45, 2.75) is 11.8 Å². The van der Waals surface area contributed by atoms with E-state index >= 15 is 0 Å². The predicted octanol–water partition coefficient (Wildman–Crippen LogP) is 3.43. The maximum atomic E-state index is 12.2. The van der Waals surface area contributed by atoms with E-state index in [1.807, 2.05) is 6.92 Å². The van der Waals surface area contributed by atoms with Crippen molar-refractivity contribution in [3.63, 3.8) is 0 Å². The van der Waals surface area contributed by atoms with Crippen LogP contribution in [0.4, 0.5) is 5.69 Å². The molecule has 6 nitrogen and oxygen atoms in total. The van der Waals surface area contributed by atoms with E-state index in [9.17, 15) is 18.5 Å². The molecule has 0 aliphatic heterocycles. The van der Waals surface area contributed by atoms with Crippen LogP contribution >= 0.6 is 15.9 Å². The molecule has 0 N–H and O–H groups in total. The average molecular weight is 372 g/mol. The van der Waals surface area contributed by atoms with Gasteiger partial charge < -0.3 is 4.18 Å². The molecule has 0 radical (unpaired) electrons. The average Bonchev–Trinajstić information content (AvgIpc) is 2.38. The molecule has 0 spiro atoms. The van der Waals surface area contributed by atoms with E-state index < -0.39 is 15.0 Å². The molecular weight excluding hydrogens is 362 g/mol. The molecular formula is C13H10BrNO5S. The first-order valence-electron chi connectivity index (χ1n) is 5.75. The van der Waals surface area contributed by atoms with Crippen LogP contribution in [0.3, 0.4) is 0 Å². The highest BCUT2D eigenvalue weighted by molar-refractivity contribution is 9.10. The molecule has 0 unspecified atom stereocenters. The lowest BCUT2D eigenvalue weighted by Gasteiger charge is -2.09. The van der Waals surface area contributed by atoms with Gasteiger partial charge in [-0.1, -0.05) is 6.07 Å². The van der Waals surface area contributed by atoms with Gasteiger partial charge in [0, 0.05) is 16.6 Å². The molecule has 0 heterocycles. The Morgan fingerprint density at radius 1 is 1.14 bits per heavy atom. The normalized spacial score (nSPS) is 11.1. The molecule has 0 atom stereocenters. The molecule has 0 aliphatic rings. The van der Waals surface area contributed by atoms with Crippen LogP contribution in [0.5, 0.6) is 5.75 Å². The Bertz CT molecular complexity index is 787. The van der Waals surface area contributed by atoms with Crippen LogP contribution in [-0.2, 0) is 10.1 Å². The Hall–Kier alpha value is -1.93. The quantitative estimate of drug-likeness (QED) is 0.466. The van der Waals surface area contributed by atoms with E-state index in [-0.39, 0.29) is 16.3 Å². The van der Waals surface area contributed by atoms with Gasteiger partial charge in [0.25, 0.3) is 5.69 Å². The van der Waals surface area contributed by atoms with Crippen molar-refractivity contribution in [3.05, 3.63) is 62.6 Å². The summed E-state index contributed by atoms with van der Waals surface area (Å²) in [6, 6.07) is 9.56. The zero-order valence-electron chi connectivity index (χ0n) is 10.8.